The number of anilines is 1. The predicted octanol–water partition coefficient (Wildman–Crippen LogP) is 3.30. The lowest BCUT2D eigenvalue weighted by atomic mass is 9.82. The first kappa shape index (κ1) is 14.0. The number of carbonyl (C=O) groups excluding carboxylic acids is 1. The average molecular weight is 307 g/mol. The van der Waals surface area contributed by atoms with E-state index in [9.17, 15) is 14.7 Å². The summed E-state index contributed by atoms with van der Waals surface area (Å²) in [6.45, 7) is 0. The Morgan fingerprint density at radius 2 is 1.65 bits per heavy atom. The van der Waals surface area contributed by atoms with Crippen molar-refractivity contribution in [2.45, 2.75) is 6.42 Å². The van der Waals surface area contributed by atoms with Crippen LogP contribution in [0.5, 0.6) is 0 Å². The van der Waals surface area contributed by atoms with Crippen molar-refractivity contribution in [1.82, 2.24) is 0 Å². The number of carboxylic acid groups (broad SMARTS) is 1. The van der Waals surface area contributed by atoms with Gasteiger partial charge in [-0.2, -0.15) is 0 Å². The lowest BCUT2D eigenvalue weighted by Gasteiger charge is -2.23. The molecule has 1 fully saturated rings. The van der Waals surface area contributed by atoms with Crippen molar-refractivity contribution in [2.75, 3.05) is 5.32 Å². The second kappa shape index (κ2) is 5.23. The minimum atomic E-state index is -0.875. The number of hydrogen-bond donors (Lipinski definition) is 2. The highest BCUT2D eigenvalue weighted by molar-refractivity contribution is 5.98. The van der Waals surface area contributed by atoms with E-state index in [0.717, 1.165) is 17.2 Å². The molecule has 2 aromatic carbocycles. The van der Waals surface area contributed by atoms with Crippen molar-refractivity contribution in [3.05, 3.63) is 54.6 Å². The van der Waals surface area contributed by atoms with E-state index in [1.54, 1.807) is 0 Å². The number of amides is 1. The summed E-state index contributed by atoms with van der Waals surface area (Å²) in [5.41, 5.74) is 0.713. The Labute approximate surface area is 133 Å². The number of benzene rings is 2. The molecule has 0 spiro atoms. The number of allylic oxidation sites excluding steroid dienone is 2. The monoisotopic (exact) mass is 307 g/mol. The van der Waals surface area contributed by atoms with Crippen molar-refractivity contribution in [3.8, 4) is 0 Å². The molecule has 0 saturated heterocycles. The summed E-state index contributed by atoms with van der Waals surface area (Å²) in [7, 11) is 0. The molecule has 1 saturated carbocycles. The molecule has 0 unspecified atom stereocenters. The topological polar surface area (TPSA) is 66.4 Å². The molecule has 4 atom stereocenters. The van der Waals surface area contributed by atoms with E-state index in [2.05, 4.69) is 5.32 Å². The van der Waals surface area contributed by atoms with Crippen LogP contribution in [-0.4, -0.2) is 17.0 Å². The van der Waals surface area contributed by atoms with Crippen LogP contribution >= 0.6 is 0 Å². The highest BCUT2D eigenvalue weighted by atomic mass is 16.4. The second-order valence-corrected chi connectivity index (χ2v) is 6.39. The van der Waals surface area contributed by atoms with Crippen LogP contribution in [0.15, 0.2) is 54.6 Å². The molecular formula is C19H17NO3. The van der Waals surface area contributed by atoms with E-state index in [-0.39, 0.29) is 17.7 Å². The number of fused-ring (bicyclic) bond motifs is 3. The molecule has 4 nitrogen and oxygen atoms in total. The summed E-state index contributed by atoms with van der Waals surface area (Å²) in [5.74, 6) is -2.11. The molecule has 2 N–H and O–H groups in total. The summed E-state index contributed by atoms with van der Waals surface area (Å²) in [4.78, 5) is 24.2. The van der Waals surface area contributed by atoms with Crippen molar-refractivity contribution < 1.29 is 14.7 Å². The van der Waals surface area contributed by atoms with E-state index in [4.69, 9.17) is 0 Å². The number of aliphatic carboxylic acids is 1. The fraction of sp³-hybridized carbons (Fsp3) is 0.263. The molecule has 23 heavy (non-hydrogen) atoms. The van der Waals surface area contributed by atoms with Crippen molar-refractivity contribution in [1.29, 1.82) is 0 Å². The Bertz CT molecular complexity index is 826. The van der Waals surface area contributed by atoms with Gasteiger partial charge in [-0.05, 0) is 41.2 Å². The average Bonchev–Trinajstić information content (AvgIpc) is 3.15. The van der Waals surface area contributed by atoms with Gasteiger partial charge < -0.3 is 10.4 Å². The maximum atomic E-state index is 12.6. The summed E-state index contributed by atoms with van der Waals surface area (Å²) < 4.78 is 0. The Balaban J connectivity index is 1.59. The fourth-order valence-corrected chi connectivity index (χ4v) is 4.01. The lowest BCUT2D eigenvalue weighted by molar-refractivity contribution is -0.146. The summed E-state index contributed by atoms with van der Waals surface area (Å²) in [5, 5.41) is 14.5. The third-order valence-electron chi connectivity index (χ3n) is 5.06. The molecule has 0 aliphatic heterocycles. The van der Waals surface area contributed by atoms with Crippen LogP contribution in [0.1, 0.15) is 6.42 Å². The molecule has 1 amide bonds. The molecule has 2 aromatic rings. The Morgan fingerprint density at radius 1 is 0.957 bits per heavy atom. The molecule has 116 valence electrons. The highest BCUT2D eigenvalue weighted by Gasteiger charge is 2.51. The van der Waals surface area contributed by atoms with Crippen LogP contribution in [0.3, 0.4) is 0 Å². The Kier molecular flexibility index (Phi) is 3.18. The molecule has 2 aliphatic carbocycles. The maximum absolute atomic E-state index is 12.6. The van der Waals surface area contributed by atoms with Gasteiger partial charge in [-0.25, -0.2) is 0 Å². The van der Waals surface area contributed by atoms with E-state index >= 15 is 0 Å². The normalized spacial score (nSPS) is 28.2. The van der Waals surface area contributed by atoms with Crippen LogP contribution in [0.2, 0.25) is 0 Å². The molecule has 2 bridgehead atoms. The SMILES string of the molecule is O=C(Nc1ccc2ccccc2c1)[C@@H]1[C@H](C(=O)O)[C@@H]2C=C[C@H]1C2. The van der Waals surface area contributed by atoms with Crippen LogP contribution < -0.4 is 5.32 Å². The molecule has 4 rings (SSSR count). The number of carbonyl (C=O) groups is 2. The first-order chi connectivity index (χ1) is 11.1. The first-order valence-electron chi connectivity index (χ1n) is 7.84. The van der Waals surface area contributed by atoms with Gasteiger partial charge in [-0.1, -0.05) is 42.5 Å². The zero-order valence-corrected chi connectivity index (χ0v) is 12.5. The molecule has 0 heterocycles. The van der Waals surface area contributed by atoms with Gasteiger partial charge in [-0.15, -0.1) is 0 Å². The largest absolute Gasteiger partial charge is 0.481 e. The minimum absolute atomic E-state index is 0.00939. The van der Waals surface area contributed by atoms with Crippen LogP contribution in [0.25, 0.3) is 10.8 Å². The van der Waals surface area contributed by atoms with E-state index in [1.807, 2.05) is 54.6 Å². The summed E-state index contributed by atoms with van der Waals surface area (Å²) in [6, 6.07) is 13.7. The van der Waals surface area contributed by atoms with Gasteiger partial charge in [0.2, 0.25) is 5.91 Å². The zero-order valence-electron chi connectivity index (χ0n) is 12.5. The third-order valence-corrected chi connectivity index (χ3v) is 5.06. The quantitative estimate of drug-likeness (QED) is 0.855. The lowest BCUT2D eigenvalue weighted by Crippen LogP contribution is -2.36. The summed E-state index contributed by atoms with van der Waals surface area (Å²) in [6.07, 6.45) is 4.71. The predicted molar refractivity (Wildman–Crippen MR) is 87.9 cm³/mol. The van der Waals surface area contributed by atoms with E-state index in [0.29, 0.717) is 5.69 Å². The number of hydrogen-bond acceptors (Lipinski definition) is 2. The number of carboxylic acids is 1. The third kappa shape index (κ3) is 2.31. The van der Waals surface area contributed by atoms with Gasteiger partial charge in [0.05, 0.1) is 11.8 Å². The Hall–Kier alpha value is -2.62. The standard InChI is InChI=1S/C19H17NO3/c21-18(16-13-5-6-14(9-13)17(16)19(22)23)20-15-8-7-11-3-1-2-4-12(11)10-15/h1-8,10,13-14,16-17H,9H2,(H,20,21)(H,22,23)/t13-,14+,16-,17+/m0/s1. The first-order valence-corrected chi connectivity index (χ1v) is 7.84. The number of rotatable bonds is 3. The summed E-state index contributed by atoms with van der Waals surface area (Å²) >= 11 is 0. The zero-order chi connectivity index (χ0) is 16.0. The van der Waals surface area contributed by atoms with Crippen molar-refractivity contribution in [3.63, 3.8) is 0 Å². The van der Waals surface area contributed by atoms with Gasteiger partial charge in [0.15, 0.2) is 0 Å². The number of nitrogens with one attached hydrogen (secondary N) is 1. The minimum Gasteiger partial charge on any atom is -0.481 e. The fourth-order valence-electron chi connectivity index (χ4n) is 4.01. The molecule has 4 heteroatoms. The molecule has 0 aromatic heterocycles. The van der Waals surface area contributed by atoms with E-state index in [1.165, 1.54) is 0 Å². The Morgan fingerprint density at radius 3 is 2.39 bits per heavy atom. The van der Waals surface area contributed by atoms with Crippen LogP contribution in [-0.2, 0) is 9.59 Å². The maximum Gasteiger partial charge on any atom is 0.307 e. The molecule has 0 radical (unpaired) electrons. The molecular weight excluding hydrogens is 290 g/mol. The van der Waals surface area contributed by atoms with Gasteiger partial charge in [0.25, 0.3) is 0 Å². The van der Waals surface area contributed by atoms with Gasteiger partial charge in [0.1, 0.15) is 0 Å². The smallest absolute Gasteiger partial charge is 0.307 e. The van der Waals surface area contributed by atoms with Gasteiger partial charge in [-0.3, -0.25) is 9.59 Å². The van der Waals surface area contributed by atoms with Crippen molar-refractivity contribution in [2.24, 2.45) is 23.7 Å². The second-order valence-electron chi connectivity index (χ2n) is 6.39. The van der Waals surface area contributed by atoms with Gasteiger partial charge >= 0.3 is 5.97 Å². The van der Waals surface area contributed by atoms with Gasteiger partial charge in [0, 0.05) is 5.69 Å². The highest BCUT2D eigenvalue weighted by Crippen LogP contribution is 2.48. The molecule has 2 aliphatic rings. The van der Waals surface area contributed by atoms with Crippen LogP contribution in [0, 0.1) is 23.7 Å². The van der Waals surface area contributed by atoms with E-state index < -0.39 is 17.8 Å². The van der Waals surface area contributed by atoms with Crippen LogP contribution in [0.4, 0.5) is 5.69 Å². The van der Waals surface area contributed by atoms with Crippen molar-refractivity contribution >= 4 is 28.3 Å².